The monoisotopic (exact) mass is 368 g/mol. The summed E-state index contributed by atoms with van der Waals surface area (Å²) in [6, 6.07) is 5.15. The van der Waals surface area contributed by atoms with E-state index in [1.807, 2.05) is 0 Å². The molecule has 1 aliphatic rings. The summed E-state index contributed by atoms with van der Waals surface area (Å²) in [6.45, 7) is -0.427. The molecule has 3 N–H and O–H groups in total. The molecule has 9 heteroatoms. The van der Waals surface area contributed by atoms with Crippen LogP contribution in [-0.4, -0.2) is 23.5 Å². The Morgan fingerprint density at radius 2 is 1.96 bits per heavy atom. The highest BCUT2D eigenvalue weighted by Crippen LogP contribution is 2.33. The number of nitrogens with one attached hydrogen (secondary N) is 2. The van der Waals surface area contributed by atoms with Gasteiger partial charge in [0.25, 0.3) is 11.8 Å². The topological polar surface area (TPSA) is 78.4 Å². The van der Waals surface area contributed by atoms with Gasteiger partial charge in [-0.25, -0.2) is 4.39 Å². The van der Waals surface area contributed by atoms with Gasteiger partial charge in [-0.1, -0.05) is 6.07 Å². The number of anilines is 1. The van der Waals surface area contributed by atoms with Gasteiger partial charge in [-0.2, -0.15) is 13.2 Å². The van der Waals surface area contributed by atoms with E-state index in [0.717, 1.165) is 0 Å². The smallest absolute Gasteiger partial charge is 0.394 e. The second kappa shape index (κ2) is 6.41. The fraction of sp³-hybridized carbons (Fsp3) is 0.176. The number of aliphatic hydroxyl groups is 1. The van der Waals surface area contributed by atoms with Crippen molar-refractivity contribution in [2.24, 2.45) is 0 Å². The third kappa shape index (κ3) is 3.25. The summed E-state index contributed by atoms with van der Waals surface area (Å²) in [5.41, 5.74) is -1.11. The Bertz CT molecular complexity index is 896. The lowest BCUT2D eigenvalue weighted by atomic mass is 10.0. The molecule has 0 saturated carbocycles. The SMILES string of the molecule is O=C(Nc1cccc2c1C(CO)NC2=O)c1cc(F)cc(C(F)(F)F)c1. The van der Waals surface area contributed by atoms with E-state index in [9.17, 15) is 32.3 Å². The van der Waals surface area contributed by atoms with Gasteiger partial charge in [-0.3, -0.25) is 9.59 Å². The Labute approximate surface area is 144 Å². The molecule has 2 aromatic rings. The number of carbonyl (C=O) groups is 2. The van der Waals surface area contributed by atoms with Crippen LogP contribution in [0, 0.1) is 5.82 Å². The number of amides is 2. The first-order chi connectivity index (χ1) is 12.2. The predicted molar refractivity (Wildman–Crippen MR) is 83.1 cm³/mol. The zero-order valence-corrected chi connectivity index (χ0v) is 13.0. The van der Waals surface area contributed by atoms with Crippen molar-refractivity contribution in [3.8, 4) is 0 Å². The lowest BCUT2D eigenvalue weighted by Crippen LogP contribution is -2.22. The van der Waals surface area contributed by atoms with Crippen LogP contribution in [0.3, 0.4) is 0 Å². The van der Waals surface area contributed by atoms with Gasteiger partial charge in [0.05, 0.1) is 18.2 Å². The number of fused-ring (bicyclic) bond motifs is 1. The third-order valence-electron chi connectivity index (χ3n) is 3.92. The number of halogens is 4. The van der Waals surface area contributed by atoms with Crippen LogP contribution in [0.2, 0.25) is 0 Å². The first-order valence-electron chi connectivity index (χ1n) is 7.44. The summed E-state index contributed by atoms with van der Waals surface area (Å²) in [5.74, 6) is -2.62. The Morgan fingerprint density at radius 3 is 2.62 bits per heavy atom. The molecule has 1 unspecified atom stereocenters. The van der Waals surface area contributed by atoms with Crippen LogP contribution in [0.5, 0.6) is 0 Å². The van der Waals surface area contributed by atoms with E-state index in [1.165, 1.54) is 18.2 Å². The number of carbonyl (C=O) groups excluding carboxylic acids is 2. The zero-order valence-electron chi connectivity index (χ0n) is 13.0. The van der Waals surface area contributed by atoms with Crippen molar-refractivity contribution < 1.29 is 32.3 Å². The summed E-state index contributed by atoms with van der Waals surface area (Å²) in [4.78, 5) is 24.1. The summed E-state index contributed by atoms with van der Waals surface area (Å²) in [6.07, 6.45) is -4.80. The Hall–Kier alpha value is -2.94. The number of aliphatic hydroxyl groups excluding tert-OH is 1. The fourth-order valence-electron chi connectivity index (χ4n) is 2.77. The lowest BCUT2D eigenvalue weighted by molar-refractivity contribution is -0.137. The standard InChI is InChI=1S/C17H12F4N2O3/c18-10-5-8(4-9(6-10)17(19,20)21)15(25)22-12-3-1-2-11-14(12)13(7-24)23-16(11)26/h1-6,13,24H,7H2,(H,22,25)(H,23,26). The Morgan fingerprint density at radius 1 is 1.23 bits per heavy atom. The zero-order chi connectivity index (χ0) is 19.1. The number of alkyl halides is 3. The van der Waals surface area contributed by atoms with Gasteiger partial charge in [-0.15, -0.1) is 0 Å². The van der Waals surface area contributed by atoms with Crippen LogP contribution in [0.1, 0.15) is 37.9 Å². The predicted octanol–water partition coefficient (Wildman–Crippen LogP) is 2.87. The highest BCUT2D eigenvalue weighted by Gasteiger charge is 2.33. The van der Waals surface area contributed by atoms with Gasteiger partial charge >= 0.3 is 6.18 Å². The fourth-order valence-corrected chi connectivity index (χ4v) is 2.77. The Kier molecular flexibility index (Phi) is 4.41. The maximum absolute atomic E-state index is 13.5. The molecule has 3 rings (SSSR count). The summed E-state index contributed by atoms with van der Waals surface area (Å²) < 4.78 is 51.8. The van der Waals surface area contributed by atoms with Gasteiger partial charge in [0.2, 0.25) is 0 Å². The molecule has 2 amide bonds. The largest absolute Gasteiger partial charge is 0.416 e. The molecule has 0 saturated heterocycles. The molecule has 0 spiro atoms. The number of hydrogen-bond acceptors (Lipinski definition) is 3. The molecule has 2 aromatic carbocycles. The van der Waals surface area contributed by atoms with E-state index < -0.39 is 47.6 Å². The van der Waals surface area contributed by atoms with E-state index in [1.54, 1.807) is 0 Å². The van der Waals surface area contributed by atoms with Crippen molar-refractivity contribution in [2.45, 2.75) is 12.2 Å². The van der Waals surface area contributed by atoms with Crippen LogP contribution in [-0.2, 0) is 6.18 Å². The van der Waals surface area contributed by atoms with Crippen LogP contribution in [0.4, 0.5) is 23.2 Å². The van der Waals surface area contributed by atoms with Gasteiger partial charge in [0, 0.05) is 22.4 Å². The average Bonchev–Trinajstić information content (AvgIpc) is 2.91. The maximum atomic E-state index is 13.5. The van der Waals surface area contributed by atoms with E-state index >= 15 is 0 Å². The van der Waals surface area contributed by atoms with Crippen LogP contribution in [0.25, 0.3) is 0 Å². The molecule has 1 heterocycles. The van der Waals surface area contributed by atoms with Crippen molar-refractivity contribution in [3.63, 3.8) is 0 Å². The number of rotatable bonds is 3. The van der Waals surface area contributed by atoms with Crippen molar-refractivity contribution in [1.29, 1.82) is 0 Å². The minimum absolute atomic E-state index is 0.141. The molecule has 136 valence electrons. The van der Waals surface area contributed by atoms with Crippen molar-refractivity contribution in [2.75, 3.05) is 11.9 Å². The normalized spacial score (nSPS) is 16.2. The van der Waals surface area contributed by atoms with Gasteiger partial charge in [0.1, 0.15) is 5.82 Å². The van der Waals surface area contributed by atoms with E-state index in [0.29, 0.717) is 23.8 Å². The van der Waals surface area contributed by atoms with Crippen LogP contribution in [0.15, 0.2) is 36.4 Å². The maximum Gasteiger partial charge on any atom is 0.416 e. The first-order valence-corrected chi connectivity index (χ1v) is 7.44. The molecule has 1 atom stereocenters. The lowest BCUT2D eigenvalue weighted by Gasteiger charge is -2.14. The van der Waals surface area contributed by atoms with Crippen LogP contribution >= 0.6 is 0 Å². The molecular weight excluding hydrogens is 356 g/mol. The van der Waals surface area contributed by atoms with E-state index in [-0.39, 0.29) is 11.3 Å². The number of benzene rings is 2. The summed E-state index contributed by atoms with van der Waals surface area (Å²) in [5, 5.41) is 14.3. The first kappa shape index (κ1) is 17.9. The van der Waals surface area contributed by atoms with Gasteiger partial charge < -0.3 is 15.7 Å². The molecule has 0 aromatic heterocycles. The second-order valence-electron chi connectivity index (χ2n) is 5.66. The molecule has 1 aliphatic heterocycles. The highest BCUT2D eigenvalue weighted by molar-refractivity contribution is 6.07. The van der Waals surface area contributed by atoms with Gasteiger partial charge in [-0.05, 0) is 30.3 Å². The highest BCUT2D eigenvalue weighted by atomic mass is 19.4. The molecule has 5 nitrogen and oxygen atoms in total. The minimum Gasteiger partial charge on any atom is -0.394 e. The van der Waals surface area contributed by atoms with Crippen LogP contribution < -0.4 is 10.6 Å². The molecule has 0 fully saturated rings. The molecule has 0 aliphatic carbocycles. The molecular formula is C17H12F4N2O3. The third-order valence-corrected chi connectivity index (χ3v) is 3.92. The second-order valence-corrected chi connectivity index (χ2v) is 5.66. The van der Waals surface area contributed by atoms with E-state index in [4.69, 9.17) is 0 Å². The van der Waals surface area contributed by atoms with Crippen molar-refractivity contribution in [3.05, 3.63) is 64.5 Å². The van der Waals surface area contributed by atoms with Gasteiger partial charge in [0.15, 0.2) is 0 Å². The quantitative estimate of drug-likeness (QED) is 0.729. The Balaban J connectivity index is 1.96. The number of hydrogen-bond donors (Lipinski definition) is 3. The van der Waals surface area contributed by atoms with Crippen molar-refractivity contribution in [1.82, 2.24) is 5.32 Å². The van der Waals surface area contributed by atoms with E-state index in [2.05, 4.69) is 10.6 Å². The van der Waals surface area contributed by atoms with Crippen molar-refractivity contribution >= 4 is 17.5 Å². The summed E-state index contributed by atoms with van der Waals surface area (Å²) >= 11 is 0. The average molecular weight is 368 g/mol. The minimum atomic E-state index is -4.80. The molecule has 0 radical (unpaired) electrons. The summed E-state index contributed by atoms with van der Waals surface area (Å²) in [7, 11) is 0. The molecule has 0 bridgehead atoms. The molecule has 26 heavy (non-hydrogen) atoms.